The number of nitrogens with zero attached hydrogens (tertiary/aromatic N) is 2. The second-order valence-electron chi connectivity index (χ2n) is 4.24. The van der Waals surface area contributed by atoms with E-state index in [4.69, 9.17) is 10.5 Å². The van der Waals surface area contributed by atoms with E-state index in [1.807, 2.05) is 0 Å². The summed E-state index contributed by atoms with van der Waals surface area (Å²) in [5.41, 5.74) is 4.61. The third kappa shape index (κ3) is 2.00. The molecule has 1 aliphatic rings. The lowest BCUT2D eigenvalue weighted by Crippen LogP contribution is -2.37. The zero-order valence-corrected chi connectivity index (χ0v) is 9.32. The average Bonchev–Trinajstić information content (AvgIpc) is 2.29. The van der Waals surface area contributed by atoms with E-state index in [0.29, 0.717) is 12.8 Å². The molecule has 0 amide bonds. The lowest BCUT2D eigenvalue weighted by molar-refractivity contribution is 0.0854. The third-order valence-electron chi connectivity index (χ3n) is 3.02. The normalized spacial score (nSPS) is 30.1. The second-order valence-corrected chi connectivity index (χ2v) is 4.24. The zero-order valence-electron chi connectivity index (χ0n) is 9.32. The summed E-state index contributed by atoms with van der Waals surface area (Å²) >= 11 is 0. The van der Waals surface area contributed by atoms with Crippen molar-refractivity contribution in [2.45, 2.75) is 37.4 Å². The molecule has 5 heteroatoms. The number of hydrogen-bond acceptors (Lipinski definition) is 4. The van der Waals surface area contributed by atoms with Gasteiger partial charge in [0.05, 0.1) is 7.11 Å². The van der Waals surface area contributed by atoms with Crippen LogP contribution in [0.2, 0.25) is 0 Å². The third-order valence-corrected chi connectivity index (χ3v) is 3.02. The highest BCUT2D eigenvalue weighted by molar-refractivity contribution is 5.25. The Labute approximate surface area is 94.0 Å². The molecule has 1 heterocycles. The van der Waals surface area contributed by atoms with E-state index < -0.39 is 5.67 Å². The lowest BCUT2D eigenvalue weighted by atomic mass is 9.81. The van der Waals surface area contributed by atoms with Crippen molar-refractivity contribution in [1.82, 2.24) is 9.97 Å². The van der Waals surface area contributed by atoms with Gasteiger partial charge in [-0.25, -0.2) is 9.37 Å². The molecule has 1 aromatic rings. The summed E-state index contributed by atoms with van der Waals surface area (Å²) in [6.45, 7) is 0. The molecule has 1 aromatic heterocycles. The maximum absolute atomic E-state index is 14.7. The first kappa shape index (κ1) is 11.3. The summed E-state index contributed by atoms with van der Waals surface area (Å²) in [7, 11) is 1.47. The summed E-state index contributed by atoms with van der Waals surface area (Å²) in [4.78, 5) is 8.04. The molecule has 2 N–H and O–H groups in total. The highest BCUT2D eigenvalue weighted by atomic mass is 19.1. The standard InChI is InChI=1S/C11H16FN3O/c1-16-10-9(14-5-6-15-10)11(12)4-2-3-8(13)7-11/h5-6,8H,2-4,7,13H2,1H3. The van der Waals surface area contributed by atoms with Crippen LogP contribution in [0.5, 0.6) is 5.88 Å². The first-order valence-corrected chi connectivity index (χ1v) is 5.46. The highest BCUT2D eigenvalue weighted by Gasteiger charge is 2.40. The van der Waals surface area contributed by atoms with Crippen LogP contribution in [-0.2, 0) is 5.67 Å². The molecule has 0 saturated heterocycles. The van der Waals surface area contributed by atoms with Gasteiger partial charge in [-0.05, 0) is 19.3 Å². The number of hydrogen-bond donors (Lipinski definition) is 1. The van der Waals surface area contributed by atoms with Crippen LogP contribution >= 0.6 is 0 Å². The molecule has 4 nitrogen and oxygen atoms in total. The Morgan fingerprint density at radius 1 is 1.50 bits per heavy atom. The molecule has 1 fully saturated rings. The number of halogens is 1. The van der Waals surface area contributed by atoms with Crippen molar-refractivity contribution in [2.75, 3.05) is 7.11 Å². The first-order chi connectivity index (χ1) is 7.65. The van der Waals surface area contributed by atoms with Crippen LogP contribution in [0.1, 0.15) is 31.4 Å². The predicted octanol–water partition coefficient (Wildman–Crippen LogP) is 1.55. The van der Waals surface area contributed by atoms with Gasteiger partial charge in [-0.15, -0.1) is 0 Å². The molecule has 0 aromatic carbocycles. The minimum Gasteiger partial charge on any atom is -0.480 e. The van der Waals surface area contributed by atoms with Gasteiger partial charge in [-0.2, -0.15) is 0 Å². The maximum atomic E-state index is 14.7. The van der Waals surface area contributed by atoms with E-state index in [1.54, 1.807) is 0 Å². The Hall–Kier alpha value is -1.23. The molecule has 2 unspecified atom stereocenters. The Kier molecular flexibility index (Phi) is 3.05. The molecular weight excluding hydrogens is 209 g/mol. The van der Waals surface area contributed by atoms with Gasteiger partial charge in [0.2, 0.25) is 5.88 Å². The molecule has 2 atom stereocenters. The van der Waals surface area contributed by atoms with Crippen LogP contribution in [0.25, 0.3) is 0 Å². The number of ether oxygens (including phenoxy) is 1. The molecule has 0 bridgehead atoms. The fourth-order valence-corrected chi connectivity index (χ4v) is 2.26. The van der Waals surface area contributed by atoms with Crippen LogP contribution in [-0.4, -0.2) is 23.1 Å². The van der Waals surface area contributed by atoms with E-state index in [9.17, 15) is 4.39 Å². The quantitative estimate of drug-likeness (QED) is 0.829. The number of alkyl halides is 1. The van der Waals surface area contributed by atoms with Crippen molar-refractivity contribution in [3.63, 3.8) is 0 Å². The Bertz CT molecular complexity index is 374. The minimum absolute atomic E-state index is 0.106. The monoisotopic (exact) mass is 225 g/mol. The van der Waals surface area contributed by atoms with Crippen LogP contribution in [0.3, 0.4) is 0 Å². The van der Waals surface area contributed by atoms with Crippen molar-refractivity contribution in [3.8, 4) is 5.88 Å². The lowest BCUT2D eigenvalue weighted by Gasteiger charge is -2.32. The SMILES string of the molecule is COc1nccnc1C1(F)CCCC(N)C1. The van der Waals surface area contributed by atoms with Crippen LogP contribution < -0.4 is 10.5 Å². The van der Waals surface area contributed by atoms with Gasteiger partial charge in [-0.1, -0.05) is 0 Å². The van der Waals surface area contributed by atoms with Gasteiger partial charge in [0.15, 0.2) is 5.67 Å². The smallest absolute Gasteiger partial charge is 0.238 e. The van der Waals surface area contributed by atoms with Gasteiger partial charge in [0, 0.05) is 24.9 Å². The van der Waals surface area contributed by atoms with Crippen molar-refractivity contribution in [1.29, 1.82) is 0 Å². The molecule has 1 saturated carbocycles. The summed E-state index contributed by atoms with van der Waals surface area (Å²) < 4.78 is 19.8. The number of aromatic nitrogens is 2. The number of nitrogens with two attached hydrogens (primary N) is 1. The average molecular weight is 225 g/mol. The van der Waals surface area contributed by atoms with Gasteiger partial charge in [0.1, 0.15) is 5.69 Å². The summed E-state index contributed by atoms with van der Waals surface area (Å²) in [5, 5.41) is 0. The maximum Gasteiger partial charge on any atom is 0.238 e. The minimum atomic E-state index is -1.49. The summed E-state index contributed by atoms with van der Waals surface area (Å²) in [5.74, 6) is 0.263. The Morgan fingerprint density at radius 2 is 2.25 bits per heavy atom. The Balaban J connectivity index is 2.34. The van der Waals surface area contributed by atoms with Gasteiger partial charge in [0.25, 0.3) is 0 Å². The van der Waals surface area contributed by atoms with E-state index in [2.05, 4.69) is 9.97 Å². The van der Waals surface area contributed by atoms with Gasteiger partial charge < -0.3 is 10.5 Å². The molecule has 0 spiro atoms. The fourth-order valence-electron chi connectivity index (χ4n) is 2.26. The van der Waals surface area contributed by atoms with E-state index in [0.717, 1.165) is 12.8 Å². The summed E-state index contributed by atoms with van der Waals surface area (Å²) in [6.07, 6.45) is 5.36. The predicted molar refractivity (Wildman–Crippen MR) is 57.8 cm³/mol. The molecule has 1 aliphatic carbocycles. The van der Waals surface area contributed by atoms with Gasteiger partial charge in [-0.3, -0.25) is 4.98 Å². The highest BCUT2D eigenvalue weighted by Crippen LogP contribution is 2.42. The second kappa shape index (κ2) is 4.33. The van der Waals surface area contributed by atoms with Crippen molar-refractivity contribution < 1.29 is 9.13 Å². The van der Waals surface area contributed by atoms with E-state index in [1.165, 1.54) is 19.5 Å². The summed E-state index contributed by atoms with van der Waals surface area (Å²) in [6, 6.07) is -0.106. The van der Waals surface area contributed by atoms with Crippen LogP contribution in [0.15, 0.2) is 12.4 Å². The van der Waals surface area contributed by atoms with Crippen molar-refractivity contribution in [3.05, 3.63) is 18.1 Å². The topological polar surface area (TPSA) is 61.0 Å². The fraction of sp³-hybridized carbons (Fsp3) is 0.636. The largest absolute Gasteiger partial charge is 0.480 e. The molecular formula is C11H16FN3O. The molecule has 0 aliphatic heterocycles. The van der Waals surface area contributed by atoms with E-state index in [-0.39, 0.29) is 17.6 Å². The first-order valence-electron chi connectivity index (χ1n) is 5.46. The molecule has 2 rings (SSSR count). The molecule has 0 radical (unpaired) electrons. The molecule has 88 valence electrons. The molecule has 16 heavy (non-hydrogen) atoms. The van der Waals surface area contributed by atoms with Crippen LogP contribution in [0, 0.1) is 0 Å². The number of rotatable bonds is 2. The zero-order chi connectivity index (χ0) is 11.6. The van der Waals surface area contributed by atoms with Gasteiger partial charge >= 0.3 is 0 Å². The van der Waals surface area contributed by atoms with E-state index >= 15 is 0 Å². The van der Waals surface area contributed by atoms with Crippen LogP contribution in [0.4, 0.5) is 4.39 Å². The van der Waals surface area contributed by atoms with Crippen molar-refractivity contribution in [2.24, 2.45) is 5.73 Å². The Morgan fingerprint density at radius 3 is 2.94 bits per heavy atom. The van der Waals surface area contributed by atoms with Crippen molar-refractivity contribution >= 4 is 0 Å². The number of methoxy groups -OCH3 is 1.